The number of rotatable bonds is 6. The number of hydrogen-bond acceptors (Lipinski definition) is 3. The first-order chi connectivity index (χ1) is 19.3. The number of benzene rings is 5. The highest BCUT2D eigenvalue weighted by atomic mass is 16.5. The quantitative estimate of drug-likeness (QED) is 0.226. The summed E-state index contributed by atoms with van der Waals surface area (Å²) in [5, 5.41) is 2.46. The van der Waals surface area contributed by atoms with Crippen LogP contribution in [-0.2, 0) is 0 Å². The summed E-state index contributed by atoms with van der Waals surface area (Å²) >= 11 is 0. The van der Waals surface area contributed by atoms with Crippen LogP contribution in [0.3, 0.4) is 0 Å². The number of nitrogens with zero attached hydrogens (tertiary/aromatic N) is 3. The standard InChI is InChI=1S/C35H25N3O/c1-3-11-26(12-4-1)37(27-13-5-2-6-14-27)28-19-22-30(23-20-28)39-35-24-21-29(25-36-35)38-33-17-9-7-15-31(33)32-16-8-10-18-34(32)38/h1-25H. The molecule has 2 aromatic heterocycles. The Morgan fingerprint density at radius 1 is 0.487 bits per heavy atom. The molecule has 0 fully saturated rings. The van der Waals surface area contributed by atoms with Gasteiger partial charge < -0.3 is 14.2 Å². The molecular weight excluding hydrogens is 478 g/mol. The highest BCUT2D eigenvalue weighted by Crippen LogP contribution is 2.36. The van der Waals surface area contributed by atoms with Crippen LogP contribution in [0.25, 0.3) is 27.5 Å². The van der Waals surface area contributed by atoms with Crippen LogP contribution in [0, 0.1) is 0 Å². The number of fused-ring (bicyclic) bond motifs is 3. The third-order valence-electron chi connectivity index (χ3n) is 6.91. The molecule has 0 unspecified atom stereocenters. The van der Waals surface area contributed by atoms with Crippen LogP contribution in [-0.4, -0.2) is 9.55 Å². The highest BCUT2D eigenvalue weighted by Gasteiger charge is 2.13. The summed E-state index contributed by atoms with van der Waals surface area (Å²) in [6, 6.07) is 49.7. The van der Waals surface area contributed by atoms with Crippen molar-refractivity contribution in [2.24, 2.45) is 0 Å². The van der Waals surface area contributed by atoms with Gasteiger partial charge in [-0.3, -0.25) is 0 Å². The molecule has 0 radical (unpaired) electrons. The largest absolute Gasteiger partial charge is 0.439 e. The minimum absolute atomic E-state index is 0.551. The smallest absolute Gasteiger partial charge is 0.219 e. The molecule has 0 N–H and O–H groups in total. The van der Waals surface area contributed by atoms with Crippen LogP contribution in [0.4, 0.5) is 17.1 Å². The second kappa shape index (κ2) is 9.84. The lowest BCUT2D eigenvalue weighted by Crippen LogP contribution is -2.09. The molecule has 0 spiro atoms. The molecule has 4 nitrogen and oxygen atoms in total. The zero-order valence-electron chi connectivity index (χ0n) is 21.2. The molecule has 186 valence electrons. The fraction of sp³-hybridized carbons (Fsp3) is 0. The van der Waals surface area contributed by atoms with Gasteiger partial charge in [-0.05, 0) is 66.7 Å². The number of para-hydroxylation sites is 4. The van der Waals surface area contributed by atoms with Crippen molar-refractivity contribution in [3.63, 3.8) is 0 Å². The molecule has 0 amide bonds. The second-order valence-corrected chi connectivity index (χ2v) is 9.33. The summed E-state index contributed by atoms with van der Waals surface area (Å²) in [4.78, 5) is 6.87. The van der Waals surface area contributed by atoms with Gasteiger partial charge >= 0.3 is 0 Å². The lowest BCUT2D eigenvalue weighted by atomic mass is 10.2. The lowest BCUT2D eigenvalue weighted by Gasteiger charge is -2.25. The van der Waals surface area contributed by atoms with E-state index in [0.717, 1.165) is 39.5 Å². The summed E-state index contributed by atoms with van der Waals surface area (Å²) in [6.07, 6.45) is 1.87. The van der Waals surface area contributed by atoms with Crippen LogP contribution in [0.1, 0.15) is 0 Å². The third-order valence-corrected chi connectivity index (χ3v) is 6.91. The van der Waals surface area contributed by atoms with Crippen LogP contribution < -0.4 is 9.64 Å². The Balaban J connectivity index is 1.17. The maximum Gasteiger partial charge on any atom is 0.219 e. The van der Waals surface area contributed by atoms with E-state index in [-0.39, 0.29) is 0 Å². The first-order valence-electron chi connectivity index (χ1n) is 13.0. The number of hydrogen-bond donors (Lipinski definition) is 0. The molecule has 0 saturated heterocycles. The minimum atomic E-state index is 0.551. The monoisotopic (exact) mass is 503 g/mol. The molecular formula is C35H25N3O. The Labute approximate surface area is 227 Å². The Kier molecular flexibility index (Phi) is 5.76. The van der Waals surface area contributed by atoms with Crippen molar-refractivity contribution in [2.45, 2.75) is 0 Å². The molecule has 0 saturated carbocycles. The summed E-state index contributed by atoms with van der Waals surface area (Å²) in [5.74, 6) is 1.28. The fourth-order valence-electron chi connectivity index (χ4n) is 5.15. The molecule has 0 aliphatic carbocycles. The predicted octanol–water partition coefficient (Wildman–Crippen LogP) is 9.44. The van der Waals surface area contributed by atoms with Gasteiger partial charge in [-0.25, -0.2) is 4.98 Å². The Morgan fingerprint density at radius 3 is 1.54 bits per heavy atom. The van der Waals surface area contributed by atoms with E-state index in [1.165, 1.54) is 10.8 Å². The van der Waals surface area contributed by atoms with Gasteiger partial charge in [-0.2, -0.15) is 0 Å². The van der Waals surface area contributed by atoms with Gasteiger partial charge in [0.15, 0.2) is 0 Å². The van der Waals surface area contributed by atoms with E-state index in [4.69, 9.17) is 4.74 Å². The van der Waals surface area contributed by atoms with Crippen LogP contribution in [0.2, 0.25) is 0 Å². The van der Waals surface area contributed by atoms with E-state index in [1.54, 1.807) is 0 Å². The number of anilines is 3. The van der Waals surface area contributed by atoms with Gasteiger partial charge in [0.05, 0.1) is 22.9 Å². The van der Waals surface area contributed by atoms with Gasteiger partial charge in [-0.1, -0.05) is 72.8 Å². The molecule has 5 aromatic carbocycles. The van der Waals surface area contributed by atoms with E-state index in [9.17, 15) is 0 Å². The average Bonchev–Trinajstić information content (AvgIpc) is 3.34. The van der Waals surface area contributed by atoms with Crippen molar-refractivity contribution in [3.05, 3.63) is 152 Å². The van der Waals surface area contributed by atoms with Crippen molar-refractivity contribution in [3.8, 4) is 17.3 Å². The van der Waals surface area contributed by atoms with Crippen LogP contribution in [0.15, 0.2) is 152 Å². The van der Waals surface area contributed by atoms with E-state index >= 15 is 0 Å². The molecule has 0 aliphatic heterocycles. The first-order valence-corrected chi connectivity index (χ1v) is 13.0. The normalized spacial score (nSPS) is 11.1. The van der Waals surface area contributed by atoms with E-state index in [1.807, 2.05) is 36.5 Å². The summed E-state index contributed by atoms with van der Waals surface area (Å²) < 4.78 is 8.38. The predicted molar refractivity (Wildman–Crippen MR) is 160 cm³/mol. The average molecular weight is 504 g/mol. The summed E-state index contributed by atoms with van der Waals surface area (Å²) in [7, 11) is 0. The first kappa shape index (κ1) is 22.8. The zero-order chi connectivity index (χ0) is 26.0. The van der Waals surface area contributed by atoms with Crippen molar-refractivity contribution < 1.29 is 4.74 Å². The van der Waals surface area contributed by atoms with E-state index < -0.39 is 0 Å². The van der Waals surface area contributed by atoms with E-state index in [0.29, 0.717) is 5.88 Å². The molecule has 7 aromatic rings. The number of aromatic nitrogens is 2. The van der Waals surface area contributed by atoms with Crippen molar-refractivity contribution in [1.82, 2.24) is 9.55 Å². The number of ether oxygens (including phenoxy) is 1. The van der Waals surface area contributed by atoms with Crippen molar-refractivity contribution in [2.75, 3.05) is 4.90 Å². The van der Waals surface area contributed by atoms with Gasteiger partial charge in [0.1, 0.15) is 5.75 Å². The maximum absolute atomic E-state index is 6.13. The van der Waals surface area contributed by atoms with Crippen molar-refractivity contribution in [1.29, 1.82) is 0 Å². The van der Waals surface area contributed by atoms with E-state index in [2.05, 4.69) is 130 Å². The lowest BCUT2D eigenvalue weighted by molar-refractivity contribution is 0.463. The van der Waals surface area contributed by atoms with Crippen LogP contribution >= 0.6 is 0 Å². The minimum Gasteiger partial charge on any atom is -0.439 e. The maximum atomic E-state index is 6.13. The Morgan fingerprint density at radius 2 is 1.00 bits per heavy atom. The zero-order valence-corrected chi connectivity index (χ0v) is 21.2. The molecule has 2 heterocycles. The topological polar surface area (TPSA) is 30.3 Å². The molecule has 0 aliphatic rings. The summed E-state index contributed by atoms with van der Waals surface area (Å²) in [6.45, 7) is 0. The summed E-state index contributed by atoms with van der Waals surface area (Å²) in [5.41, 5.74) is 6.56. The third kappa shape index (κ3) is 4.28. The SMILES string of the molecule is c1ccc(N(c2ccccc2)c2ccc(Oc3ccc(-n4c5ccccc5c5ccccc54)cn3)cc2)cc1. The molecule has 39 heavy (non-hydrogen) atoms. The molecule has 0 bridgehead atoms. The number of pyridine rings is 1. The Hall–Kier alpha value is -5.35. The molecule has 0 atom stereocenters. The van der Waals surface area contributed by atoms with Gasteiger partial charge in [-0.15, -0.1) is 0 Å². The van der Waals surface area contributed by atoms with Crippen molar-refractivity contribution >= 4 is 38.9 Å². The second-order valence-electron chi connectivity index (χ2n) is 9.33. The highest BCUT2D eigenvalue weighted by molar-refractivity contribution is 6.09. The fourth-order valence-corrected chi connectivity index (χ4v) is 5.15. The molecule has 4 heteroatoms. The van der Waals surface area contributed by atoms with Gasteiger partial charge in [0, 0.05) is 33.9 Å². The van der Waals surface area contributed by atoms with Gasteiger partial charge in [0.2, 0.25) is 5.88 Å². The molecule has 7 rings (SSSR count). The Bertz CT molecular complexity index is 1770. The van der Waals surface area contributed by atoms with Gasteiger partial charge in [0.25, 0.3) is 0 Å². The van der Waals surface area contributed by atoms with Crippen LogP contribution in [0.5, 0.6) is 11.6 Å².